The van der Waals surface area contributed by atoms with Crippen molar-refractivity contribution in [2.75, 3.05) is 6.61 Å². The van der Waals surface area contributed by atoms with E-state index in [0.717, 1.165) is 13.8 Å². The Morgan fingerprint density at radius 3 is 2.24 bits per heavy atom. The lowest BCUT2D eigenvalue weighted by Crippen LogP contribution is -2.35. The van der Waals surface area contributed by atoms with Gasteiger partial charge in [0.25, 0.3) is 6.04 Å². The van der Waals surface area contributed by atoms with Crippen molar-refractivity contribution in [1.82, 2.24) is 0 Å². The van der Waals surface area contributed by atoms with Gasteiger partial charge in [0.05, 0.1) is 0 Å². The van der Waals surface area contributed by atoms with E-state index >= 15 is 0 Å². The van der Waals surface area contributed by atoms with Gasteiger partial charge in [-0.25, -0.2) is 0 Å². The van der Waals surface area contributed by atoms with Gasteiger partial charge in [0.2, 0.25) is 0 Å². The van der Waals surface area contributed by atoms with E-state index < -0.39 is 35.6 Å². The van der Waals surface area contributed by atoms with Crippen LogP contribution in [0.4, 0.5) is 0 Å². The number of halogens is 1. The van der Waals surface area contributed by atoms with Crippen LogP contribution in [-0.4, -0.2) is 29.5 Å². The maximum Gasteiger partial charge on any atom is 0.303 e. The van der Waals surface area contributed by atoms with Gasteiger partial charge in [-0.3, -0.25) is 19.7 Å². The molecular formula is C13H14ClNO6. The fourth-order valence-corrected chi connectivity index (χ4v) is 1.79. The van der Waals surface area contributed by atoms with Gasteiger partial charge in [0, 0.05) is 23.8 Å². The second kappa shape index (κ2) is 7.58. The van der Waals surface area contributed by atoms with Crippen molar-refractivity contribution < 1.29 is 24.0 Å². The molecule has 7 nitrogen and oxygen atoms in total. The number of ether oxygens (including phenoxy) is 2. The molecule has 1 aromatic carbocycles. The van der Waals surface area contributed by atoms with Crippen LogP contribution in [0.25, 0.3) is 0 Å². The van der Waals surface area contributed by atoms with Crippen LogP contribution >= 0.6 is 11.6 Å². The molecule has 114 valence electrons. The zero-order chi connectivity index (χ0) is 16.0. The van der Waals surface area contributed by atoms with E-state index in [9.17, 15) is 19.7 Å². The largest absolute Gasteiger partial charge is 0.458 e. The van der Waals surface area contributed by atoms with Gasteiger partial charge in [-0.05, 0) is 17.7 Å². The fraction of sp³-hybridized carbons (Fsp3) is 0.385. The number of carbonyl (C=O) groups is 2. The Morgan fingerprint density at radius 2 is 1.81 bits per heavy atom. The predicted octanol–water partition coefficient (Wildman–Crippen LogP) is 2.15. The summed E-state index contributed by atoms with van der Waals surface area (Å²) >= 11 is 5.76. The number of rotatable bonds is 6. The third-order valence-corrected chi connectivity index (χ3v) is 2.82. The van der Waals surface area contributed by atoms with Gasteiger partial charge in [0.1, 0.15) is 0 Å². The zero-order valence-electron chi connectivity index (χ0n) is 11.4. The Morgan fingerprint density at radius 1 is 1.24 bits per heavy atom. The summed E-state index contributed by atoms with van der Waals surface area (Å²) in [5.74, 6) is -1.33. The molecule has 0 heterocycles. The number of benzene rings is 1. The van der Waals surface area contributed by atoms with E-state index in [1.165, 1.54) is 24.3 Å². The summed E-state index contributed by atoms with van der Waals surface area (Å²) < 4.78 is 9.69. The van der Waals surface area contributed by atoms with Crippen molar-refractivity contribution in [1.29, 1.82) is 0 Å². The van der Waals surface area contributed by atoms with E-state index in [0.29, 0.717) is 10.6 Å². The summed E-state index contributed by atoms with van der Waals surface area (Å²) in [4.78, 5) is 32.5. The highest BCUT2D eigenvalue weighted by atomic mass is 35.5. The minimum absolute atomic E-state index is 0.392. The predicted molar refractivity (Wildman–Crippen MR) is 73.4 cm³/mol. The smallest absolute Gasteiger partial charge is 0.303 e. The second-order valence-corrected chi connectivity index (χ2v) is 4.67. The summed E-state index contributed by atoms with van der Waals surface area (Å²) in [6, 6.07) is 4.67. The molecule has 0 aliphatic carbocycles. The van der Waals surface area contributed by atoms with E-state index in [1.807, 2.05) is 0 Å². The summed E-state index contributed by atoms with van der Waals surface area (Å²) in [5, 5.41) is 11.6. The van der Waals surface area contributed by atoms with Crippen LogP contribution in [0.2, 0.25) is 5.02 Å². The Hall–Kier alpha value is -2.15. The van der Waals surface area contributed by atoms with E-state index in [1.54, 1.807) is 0 Å². The maximum absolute atomic E-state index is 11.2. The van der Waals surface area contributed by atoms with E-state index in [2.05, 4.69) is 4.74 Å². The van der Waals surface area contributed by atoms with Gasteiger partial charge < -0.3 is 9.47 Å². The highest BCUT2D eigenvalue weighted by Crippen LogP contribution is 2.25. The first-order valence-corrected chi connectivity index (χ1v) is 6.38. The molecule has 8 heteroatoms. The third kappa shape index (κ3) is 5.39. The molecule has 2 atom stereocenters. The van der Waals surface area contributed by atoms with Crippen molar-refractivity contribution >= 4 is 23.5 Å². The first kappa shape index (κ1) is 16.9. The summed E-state index contributed by atoms with van der Waals surface area (Å²) in [6.45, 7) is 1.79. The molecule has 0 bridgehead atoms. The average molecular weight is 316 g/mol. The lowest BCUT2D eigenvalue weighted by atomic mass is 10.0. The van der Waals surface area contributed by atoms with Crippen LogP contribution in [0.1, 0.15) is 25.5 Å². The summed E-state index contributed by atoms with van der Waals surface area (Å²) in [5.41, 5.74) is 0.392. The van der Waals surface area contributed by atoms with Crippen molar-refractivity contribution in [2.45, 2.75) is 26.0 Å². The molecule has 0 amide bonds. The number of nitrogens with zero attached hydrogens (tertiary/aromatic N) is 1. The van der Waals surface area contributed by atoms with Crippen molar-refractivity contribution in [3.63, 3.8) is 0 Å². The van der Waals surface area contributed by atoms with Crippen molar-refractivity contribution in [3.8, 4) is 0 Å². The number of hydrogen-bond donors (Lipinski definition) is 0. The second-order valence-electron chi connectivity index (χ2n) is 4.24. The molecular weight excluding hydrogens is 302 g/mol. The highest BCUT2D eigenvalue weighted by molar-refractivity contribution is 6.30. The van der Waals surface area contributed by atoms with Crippen LogP contribution in [0, 0.1) is 10.1 Å². The molecule has 0 spiro atoms. The molecule has 0 saturated carbocycles. The minimum atomic E-state index is -1.40. The SMILES string of the molecule is CC(=O)OCC(C(OC(C)=O)c1ccc(Cl)cc1)[N+](=O)[O-]. The Balaban J connectivity index is 3.07. The van der Waals surface area contributed by atoms with Crippen LogP contribution < -0.4 is 0 Å². The van der Waals surface area contributed by atoms with Gasteiger partial charge >= 0.3 is 11.9 Å². The number of nitro groups is 1. The molecule has 21 heavy (non-hydrogen) atoms. The van der Waals surface area contributed by atoms with Crippen LogP contribution in [0.3, 0.4) is 0 Å². The minimum Gasteiger partial charge on any atom is -0.458 e. The van der Waals surface area contributed by atoms with E-state index in [-0.39, 0.29) is 0 Å². The first-order chi connectivity index (χ1) is 9.81. The maximum atomic E-state index is 11.2. The van der Waals surface area contributed by atoms with Crippen molar-refractivity contribution in [2.24, 2.45) is 0 Å². The van der Waals surface area contributed by atoms with Crippen LogP contribution in [-0.2, 0) is 19.1 Å². The van der Waals surface area contributed by atoms with Crippen molar-refractivity contribution in [3.05, 3.63) is 45.0 Å². The molecule has 0 saturated heterocycles. The lowest BCUT2D eigenvalue weighted by molar-refractivity contribution is -0.538. The molecule has 0 fully saturated rings. The first-order valence-electron chi connectivity index (χ1n) is 6.00. The molecule has 0 aliphatic rings. The van der Waals surface area contributed by atoms with Crippen LogP contribution in [0.5, 0.6) is 0 Å². The molecule has 0 radical (unpaired) electrons. The average Bonchev–Trinajstić information content (AvgIpc) is 2.37. The molecule has 0 aliphatic heterocycles. The number of carbonyl (C=O) groups excluding carboxylic acids is 2. The Bertz CT molecular complexity index is 530. The number of hydrogen-bond acceptors (Lipinski definition) is 6. The molecule has 0 N–H and O–H groups in total. The molecule has 2 unspecified atom stereocenters. The highest BCUT2D eigenvalue weighted by Gasteiger charge is 2.36. The Labute approximate surface area is 125 Å². The zero-order valence-corrected chi connectivity index (χ0v) is 12.2. The molecule has 1 aromatic rings. The van der Waals surface area contributed by atoms with Gasteiger partial charge in [-0.15, -0.1) is 0 Å². The van der Waals surface area contributed by atoms with Crippen LogP contribution in [0.15, 0.2) is 24.3 Å². The summed E-state index contributed by atoms with van der Waals surface area (Å²) in [7, 11) is 0. The topological polar surface area (TPSA) is 95.7 Å². The van der Waals surface area contributed by atoms with Gasteiger partial charge in [-0.2, -0.15) is 0 Å². The number of esters is 2. The van der Waals surface area contributed by atoms with Gasteiger partial charge in [0.15, 0.2) is 12.7 Å². The molecule has 0 aromatic heterocycles. The molecule has 1 rings (SSSR count). The fourth-order valence-electron chi connectivity index (χ4n) is 1.66. The third-order valence-electron chi connectivity index (χ3n) is 2.57. The monoisotopic (exact) mass is 315 g/mol. The van der Waals surface area contributed by atoms with Gasteiger partial charge in [-0.1, -0.05) is 23.7 Å². The Kier molecular flexibility index (Phi) is 6.10. The van der Waals surface area contributed by atoms with E-state index in [4.69, 9.17) is 16.3 Å². The normalized spacial score (nSPS) is 13.1. The standard InChI is InChI=1S/C13H14ClNO6/c1-8(16)20-7-12(15(18)19)13(21-9(2)17)10-3-5-11(14)6-4-10/h3-6,12-13H,7H2,1-2H3. The summed E-state index contributed by atoms with van der Waals surface area (Å²) in [6.07, 6.45) is -1.17. The quantitative estimate of drug-likeness (QED) is 0.453. The lowest BCUT2D eigenvalue weighted by Gasteiger charge is -2.20.